The molecule has 0 radical (unpaired) electrons. The van der Waals surface area contributed by atoms with E-state index in [0.717, 1.165) is 6.54 Å². The topological polar surface area (TPSA) is 38.0 Å². The molecule has 0 amide bonds. The van der Waals surface area contributed by atoms with E-state index in [0.29, 0.717) is 17.2 Å². The van der Waals surface area contributed by atoms with Crippen molar-refractivity contribution in [2.75, 3.05) is 11.9 Å². The van der Waals surface area contributed by atoms with Gasteiger partial charge in [0.25, 0.3) is 0 Å². The zero-order valence-corrected chi connectivity index (χ0v) is 12.2. The first-order valence-electron chi connectivity index (χ1n) is 6.08. The van der Waals surface area contributed by atoms with Crippen LogP contribution in [0.25, 0.3) is 0 Å². The molecule has 1 rings (SSSR count). The van der Waals surface area contributed by atoms with Crippen LogP contribution in [0, 0.1) is 17.2 Å². The molecule has 0 saturated heterocycles. The number of rotatable bonds is 5. The monoisotopic (exact) mass is 268 g/mol. The van der Waals surface area contributed by atoms with Crippen LogP contribution in [0.4, 0.5) is 10.1 Å². The zero-order valence-electron chi connectivity index (χ0n) is 11.4. The standard InChI is InChI=1S/C14H21FN2S/c1-9(2)14(3,4)8-17-11-7-5-6-10(15)12(11)13(16)18/h5-7,9,17H,8H2,1-4H3,(H2,16,18). The summed E-state index contributed by atoms with van der Waals surface area (Å²) in [6.45, 7) is 9.42. The van der Waals surface area contributed by atoms with Gasteiger partial charge in [-0.2, -0.15) is 0 Å². The Labute approximate surface area is 114 Å². The van der Waals surface area contributed by atoms with Crippen LogP contribution in [0.3, 0.4) is 0 Å². The molecule has 1 aromatic carbocycles. The highest BCUT2D eigenvalue weighted by molar-refractivity contribution is 7.80. The summed E-state index contributed by atoms with van der Waals surface area (Å²) in [5, 5.41) is 3.25. The lowest BCUT2D eigenvalue weighted by molar-refractivity contribution is 0.269. The van der Waals surface area contributed by atoms with E-state index in [-0.39, 0.29) is 16.2 Å². The molecule has 0 fully saturated rings. The number of hydrogen-bond acceptors (Lipinski definition) is 2. The number of nitrogens with one attached hydrogen (secondary N) is 1. The van der Waals surface area contributed by atoms with Crippen LogP contribution in [0.2, 0.25) is 0 Å². The van der Waals surface area contributed by atoms with E-state index in [2.05, 4.69) is 33.0 Å². The molecule has 2 nitrogen and oxygen atoms in total. The van der Waals surface area contributed by atoms with Crippen molar-refractivity contribution in [3.63, 3.8) is 0 Å². The van der Waals surface area contributed by atoms with Crippen LogP contribution in [0.5, 0.6) is 0 Å². The molecular formula is C14H21FN2S. The summed E-state index contributed by atoms with van der Waals surface area (Å²) in [6, 6.07) is 4.82. The Hall–Kier alpha value is -1.16. The molecular weight excluding hydrogens is 247 g/mol. The summed E-state index contributed by atoms with van der Waals surface area (Å²) in [6.07, 6.45) is 0. The van der Waals surface area contributed by atoms with Crippen LogP contribution in [0.1, 0.15) is 33.3 Å². The van der Waals surface area contributed by atoms with Gasteiger partial charge in [-0.05, 0) is 23.5 Å². The fourth-order valence-corrected chi connectivity index (χ4v) is 1.66. The Kier molecular flexibility index (Phi) is 4.68. The molecule has 0 aliphatic rings. The third-order valence-corrected chi connectivity index (χ3v) is 3.76. The van der Waals surface area contributed by atoms with E-state index in [4.69, 9.17) is 18.0 Å². The van der Waals surface area contributed by atoms with Crippen molar-refractivity contribution in [1.29, 1.82) is 0 Å². The first kappa shape index (κ1) is 14.9. The molecule has 0 aromatic heterocycles. The van der Waals surface area contributed by atoms with Crippen LogP contribution in [0.15, 0.2) is 18.2 Å². The fraction of sp³-hybridized carbons (Fsp3) is 0.500. The summed E-state index contributed by atoms with van der Waals surface area (Å²) in [5.41, 5.74) is 6.64. The number of benzene rings is 1. The minimum absolute atomic E-state index is 0.0814. The second kappa shape index (κ2) is 5.65. The third kappa shape index (κ3) is 3.42. The van der Waals surface area contributed by atoms with Gasteiger partial charge in [-0.1, -0.05) is 46.0 Å². The molecule has 1 aromatic rings. The van der Waals surface area contributed by atoms with Crippen LogP contribution >= 0.6 is 12.2 Å². The molecule has 0 bridgehead atoms. The fourth-order valence-electron chi connectivity index (χ4n) is 1.45. The predicted molar refractivity (Wildman–Crippen MR) is 79.4 cm³/mol. The predicted octanol–water partition coefficient (Wildman–Crippen LogP) is 3.55. The van der Waals surface area contributed by atoms with Gasteiger partial charge in [0.15, 0.2) is 0 Å². The summed E-state index contributed by atoms with van der Waals surface area (Å²) in [7, 11) is 0. The molecule has 0 spiro atoms. The normalized spacial score (nSPS) is 11.7. The van der Waals surface area contributed by atoms with Crippen molar-refractivity contribution >= 4 is 22.9 Å². The summed E-state index contributed by atoms with van der Waals surface area (Å²) in [4.78, 5) is 0.0814. The number of thiocarbonyl (C=S) groups is 1. The number of anilines is 1. The first-order valence-corrected chi connectivity index (χ1v) is 6.48. The highest BCUT2D eigenvalue weighted by atomic mass is 32.1. The summed E-state index contributed by atoms with van der Waals surface area (Å²) in [5.74, 6) is 0.140. The zero-order chi connectivity index (χ0) is 13.9. The average molecular weight is 268 g/mol. The Morgan fingerprint density at radius 3 is 2.56 bits per heavy atom. The molecule has 100 valence electrons. The molecule has 0 heterocycles. The molecule has 18 heavy (non-hydrogen) atoms. The molecule has 0 aliphatic heterocycles. The molecule has 4 heteroatoms. The van der Waals surface area contributed by atoms with Gasteiger partial charge in [0.2, 0.25) is 0 Å². The van der Waals surface area contributed by atoms with Crippen molar-refractivity contribution in [2.24, 2.45) is 17.1 Å². The van der Waals surface area contributed by atoms with E-state index < -0.39 is 0 Å². The van der Waals surface area contributed by atoms with Crippen LogP contribution in [-0.2, 0) is 0 Å². The number of nitrogens with two attached hydrogens (primary N) is 1. The lowest BCUT2D eigenvalue weighted by Crippen LogP contribution is -2.29. The van der Waals surface area contributed by atoms with Crippen molar-refractivity contribution in [3.8, 4) is 0 Å². The SMILES string of the molecule is CC(C)C(C)(C)CNc1cccc(F)c1C(N)=S. The Morgan fingerprint density at radius 1 is 1.44 bits per heavy atom. The molecule has 0 aliphatic carbocycles. The third-order valence-electron chi connectivity index (χ3n) is 3.56. The van der Waals surface area contributed by atoms with Gasteiger partial charge in [0, 0.05) is 12.2 Å². The van der Waals surface area contributed by atoms with Crippen molar-refractivity contribution in [2.45, 2.75) is 27.7 Å². The van der Waals surface area contributed by atoms with E-state index in [9.17, 15) is 4.39 Å². The number of hydrogen-bond donors (Lipinski definition) is 2. The Balaban J connectivity index is 2.92. The highest BCUT2D eigenvalue weighted by Crippen LogP contribution is 2.27. The van der Waals surface area contributed by atoms with Gasteiger partial charge < -0.3 is 11.1 Å². The summed E-state index contributed by atoms with van der Waals surface area (Å²) >= 11 is 4.89. The maximum absolute atomic E-state index is 13.7. The summed E-state index contributed by atoms with van der Waals surface area (Å²) < 4.78 is 13.7. The second-order valence-electron chi connectivity index (χ2n) is 5.52. The Morgan fingerprint density at radius 2 is 2.06 bits per heavy atom. The van der Waals surface area contributed by atoms with E-state index in [1.165, 1.54) is 6.07 Å². The van der Waals surface area contributed by atoms with E-state index in [1.54, 1.807) is 12.1 Å². The number of halogens is 1. The van der Waals surface area contributed by atoms with Gasteiger partial charge >= 0.3 is 0 Å². The largest absolute Gasteiger partial charge is 0.389 e. The van der Waals surface area contributed by atoms with Crippen LogP contribution in [-0.4, -0.2) is 11.5 Å². The molecule has 0 saturated carbocycles. The minimum atomic E-state index is -0.380. The highest BCUT2D eigenvalue weighted by Gasteiger charge is 2.22. The van der Waals surface area contributed by atoms with Gasteiger partial charge in [0.05, 0.1) is 5.56 Å². The average Bonchev–Trinajstić information content (AvgIpc) is 2.25. The maximum atomic E-state index is 13.7. The van der Waals surface area contributed by atoms with Gasteiger partial charge in [-0.25, -0.2) is 4.39 Å². The lowest BCUT2D eigenvalue weighted by atomic mass is 9.81. The van der Waals surface area contributed by atoms with Crippen molar-refractivity contribution < 1.29 is 4.39 Å². The van der Waals surface area contributed by atoms with Gasteiger partial charge in [-0.3, -0.25) is 0 Å². The van der Waals surface area contributed by atoms with Crippen molar-refractivity contribution in [1.82, 2.24) is 0 Å². The minimum Gasteiger partial charge on any atom is -0.389 e. The lowest BCUT2D eigenvalue weighted by Gasteiger charge is -2.30. The van der Waals surface area contributed by atoms with Crippen LogP contribution < -0.4 is 11.1 Å². The smallest absolute Gasteiger partial charge is 0.135 e. The maximum Gasteiger partial charge on any atom is 0.135 e. The Bertz CT molecular complexity index is 441. The van der Waals surface area contributed by atoms with Crippen molar-refractivity contribution in [3.05, 3.63) is 29.6 Å². The van der Waals surface area contributed by atoms with Gasteiger partial charge in [-0.15, -0.1) is 0 Å². The quantitative estimate of drug-likeness (QED) is 0.802. The molecule has 0 atom stereocenters. The van der Waals surface area contributed by atoms with Gasteiger partial charge in [0.1, 0.15) is 10.8 Å². The second-order valence-corrected chi connectivity index (χ2v) is 5.96. The van der Waals surface area contributed by atoms with E-state index in [1.807, 2.05) is 0 Å². The first-order chi connectivity index (χ1) is 8.25. The molecule has 0 unspecified atom stereocenters. The molecule has 3 N–H and O–H groups in total. The van der Waals surface area contributed by atoms with E-state index >= 15 is 0 Å².